The zero-order chi connectivity index (χ0) is 13.4. The lowest BCUT2D eigenvalue weighted by Crippen LogP contribution is -2.01. The molecule has 3 nitrogen and oxygen atoms in total. The van der Waals surface area contributed by atoms with Crippen molar-refractivity contribution in [1.29, 1.82) is 0 Å². The van der Waals surface area contributed by atoms with Crippen LogP contribution < -0.4 is 0 Å². The van der Waals surface area contributed by atoms with Crippen LogP contribution in [0.3, 0.4) is 0 Å². The van der Waals surface area contributed by atoms with Crippen molar-refractivity contribution >= 4 is 46.3 Å². The van der Waals surface area contributed by atoms with E-state index >= 15 is 0 Å². The van der Waals surface area contributed by atoms with Gasteiger partial charge in [0.05, 0.1) is 9.85 Å². The summed E-state index contributed by atoms with van der Waals surface area (Å²) in [5.41, 5.74) is 3.04. The van der Waals surface area contributed by atoms with Crippen molar-refractivity contribution in [3.8, 4) is 0 Å². The number of thiophene rings is 1. The summed E-state index contributed by atoms with van der Waals surface area (Å²) in [6.07, 6.45) is 2.78. The normalized spacial score (nSPS) is 11.3. The van der Waals surface area contributed by atoms with Crippen molar-refractivity contribution in [2.75, 3.05) is 0 Å². The van der Waals surface area contributed by atoms with Crippen LogP contribution in [0, 0.1) is 11.7 Å². The van der Waals surface area contributed by atoms with E-state index in [0.717, 1.165) is 38.8 Å². The Balaban J connectivity index is 1.92. The van der Waals surface area contributed by atoms with E-state index in [4.69, 9.17) is 23.8 Å². The van der Waals surface area contributed by atoms with E-state index in [1.54, 1.807) is 11.3 Å². The Labute approximate surface area is 124 Å². The summed E-state index contributed by atoms with van der Waals surface area (Å²) in [6.45, 7) is 2.83. The Bertz CT molecular complexity index is 785. The largest absolute Gasteiger partial charge is 0.329 e. The van der Waals surface area contributed by atoms with Crippen LogP contribution in [0.4, 0.5) is 0 Å². The minimum Gasteiger partial charge on any atom is -0.329 e. The first-order chi connectivity index (χ1) is 9.13. The Kier molecular flexibility index (Phi) is 3.43. The molecular weight excluding hydrogens is 298 g/mol. The highest BCUT2D eigenvalue weighted by molar-refractivity contribution is 7.71. The van der Waals surface area contributed by atoms with Gasteiger partial charge in [0.25, 0.3) is 0 Å². The fourth-order valence-corrected chi connectivity index (χ4v) is 3.43. The average Bonchev–Trinajstić information content (AvgIpc) is 2.89. The van der Waals surface area contributed by atoms with Gasteiger partial charge in [-0.1, -0.05) is 11.6 Å². The number of H-pyrrole nitrogens is 1. The number of aryl methyl sites for hydroxylation is 3. The predicted octanol–water partition coefficient (Wildman–Crippen LogP) is 4.36. The summed E-state index contributed by atoms with van der Waals surface area (Å²) >= 11 is 12.9. The second-order valence-electron chi connectivity index (χ2n) is 4.42. The summed E-state index contributed by atoms with van der Waals surface area (Å²) < 4.78 is 3.58. The molecule has 0 unspecified atom stereocenters. The minimum absolute atomic E-state index is 0.718. The predicted molar refractivity (Wildman–Crippen MR) is 82.7 cm³/mol. The number of hydrogen-bond acceptors (Lipinski definition) is 3. The summed E-state index contributed by atoms with van der Waals surface area (Å²) in [6, 6.07) is 6.05. The third-order valence-corrected chi connectivity index (χ3v) is 4.57. The van der Waals surface area contributed by atoms with Gasteiger partial charge < -0.3 is 9.55 Å². The van der Waals surface area contributed by atoms with E-state index < -0.39 is 0 Å². The number of pyridine rings is 1. The SMILES string of the molecule is Cc1cnc2c(c1)[nH]c(=S)n2CCc1ccc(Cl)s1. The summed E-state index contributed by atoms with van der Waals surface area (Å²) in [4.78, 5) is 8.92. The van der Waals surface area contributed by atoms with Crippen LogP contribution in [-0.4, -0.2) is 14.5 Å². The van der Waals surface area contributed by atoms with Crippen molar-refractivity contribution in [1.82, 2.24) is 14.5 Å². The molecule has 1 N–H and O–H groups in total. The van der Waals surface area contributed by atoms with Gasteiger partial charge in [-0.3, -0.25) is 0 Å². The van der Waals surface area contributed by atoms with Crippen molar-refractivity contribution in [2.45, 2.75) is 19.9 Å². The molecule has 0 aliphatic heterocycles. The smallest absolute Gasteiger partial charge is 0.179 e. The summed E-state index contributed by atoms with van der Waals surface area (Å²) in [5.74, 6) is 0. The molecule has 6 heteroatoms. The van der Waals surface area contributed by atoms with Gasteiger partial charge in [0.2, 0.25) is 0 Å². The molecule has 0 aliphatic rings. The van der Waals surface area contributed by atoms with Gasteiger partial charge in [-0.15, -0.1) is 11.3 Å². The van der Waals surface area contributed by atoms with Crippen molar-refractivity contribution < 1.29 is 0 Å². The van der Waals surface area contributed by atoms with E-state index in [2.05, 4.69) is 22.1 Å². The van der Waals surface area contributed by atoms with Gasteiger partial charge in [0, 0.05) is 17.6 Å². The number of aromatic nitrogens is 3. The molecule has 0 radical (unpaired) electrons. The highest BCUT2D eigenvalue weighted by Gasteiger charge is 2.06. The van der Waals surface area contributed by atoms with Gasteiger partial charge in [0.15, 0.2) is 10.4 Å². The zero-order valence-corrected chi connectivity index (χ0v) is 12.7. The molecule has 3 rings (SSSR count). The molecular formula is C13H12ClN3S2. The van der Waals surface area contributed by atoms with E-state index in [0.29, 0.717) is 0 Å². The fraction of sp³-hybridized carbons (Fsp3) is 0.231. The van der Waals surface area contributed by atoms with E-state index in [-0.39, 0.29) is 0 Å². The maximum absolute atomic E-state index is 5.94. The Morgan fingerprint density at radius 1 is 1.47 bits per heavy atom. The average molecular weight is 310 g/mol. The summed E-state index contributed by atoms with van der Waals surface area (Å²) in [7, 11) is 0. The maximum Gasteiger partial charge on any atom is 0.179 e. The lowest BCUT2D eigenvalue weighted by Gasteiger charge is -2.02. The van der Waals surface area contributed by atoms with Gasteiger partial charge in [-0.2, -0.15) is 0 Å². The second kappa shape index (κ2) is 5.07. The van der Waals surface area contributed by atoms with Gasteiger partial charge in [0.1, 0.15) is 0 Å². The maximum atomic E-state index is 5.94. The molecule has 0 fully saturated rings. The van der Waals surface area contributed by atoms with Crippen molar-refractivity contribution in [3.63, 3.8) is 0 Å². The lowest BCUT2D eigenvalue weighted by molar-refractivity contribution is 0.706. The van der Waals surface area contributed by atoms with Gasteiger partial charge in [-0.25, -0.2) is 4.98 Å². The number of nitrogens with zero attached hydrogens (tertiary/aromatic N) is 2. The molecule has 3 heterocycles. The standard InChI is InChI=1S/C13H12ClN3S2/c1-8-6-10-12(15-7-8)17(13(18)16-10)5-4-9-2-3-11(14)19-9/h2-3,6-7H,4-5H2,1H3,(H,16,18). The van der Waals surface area contributed by atoms with Crippen LogP contribution in [0.25, 0.3) is 11.2 Å². The molecule has 0 aromatic carbocycles. The molecule has 98 valence electrons. The molecule has 3 aromatic heterocycles. The topological polar surface area (TPSA) is 33.6 Å². The van der Waals surface area contributed by atoms with Crippen molar-refractivity contribution in [2.24, 2.45) is 0 Å². The molecule has 0 saturated carbocycles. The molecule has 0 aliphatic carbocycles. The van der Waals surface area contributed by atoms with Crippen LogP contribution >= 0.6 is 35.2 Å². The van der Waals surface area contributed by atoms with Crippen LogP contribution in [0.2, 0.25) is 4.34 Å². The number of nitrogens with one attached hydrogen (secondary N) is 1. The van der Waals surface area contributed by atoms with Gasteiger partial charge in [-0.05, 0) is 49.3 Å². The summed E-state index contributed by atoms with van der Waals surface area (Å²) in [5, 5.41) is 0. The minimum atomic E-state index is 0.718. The van der Waals surface area contributed by atoms with Crippen LogP contribution in [-0.2, 0) is 13.0 Å². The first-order valence-corrected chi connectivity index (χ1v) is 7.53. The lowest BCUT2D eigenvalue weighted by atomic mass is 10.3. The number of rotatable bonds is 3. The highest BCUT2D eigenvalue weighted by atomic mass is 35.5. The molecule has 3 aromatic rings. The fourth-order valence-electron chi connectivity index (χ4n) is 2.06. The number of aromatic amines is 1. The molecule has 0 saturated heterocycles. The third kappa shape index (κ3) is 2.59. The van der Waals surface area contributed by atoms with Crippen molar-refractivity contribution in [3.05, 3.63) is 43.9 Å². The molecule has 0 atom stereocenters. The molecule has 0 amide bonds. The quantitative estimate of drug-likeness (QED) is 0.729. The van der Waals surface area contributed by atoms with Crippen LogP contribution in [0.5, 0.6) is 0 Å². The van der Waals surface area contributed by atoms with E-state index in [1.165, 1.54) is 4.88 Å². The number of hydrogen-bond donors (Lipinski definition) is 1. The first kappa shape index (κ1) is 12.8. The molecule has 0 bridgehead atoms. The zero-order valence-electron chi connectivity index (χ0n) is 10.3. The molecule has 0 spiro atoms. The van der Waals surface area contributed by atoms with E-state index in [1.807, 2.05) is 23.8 Å². The van der Waals surface area contributed by atoms with Crippen LogP contribution in [0.1, 0.15) is 10.4 Å². The van der Waals surface area contributed by atoms with Crippen LogP contribution in [0.15, 0.2) is 24.4 Å². The van der Waals surface area contributed by atoms with E-state index in [9.17, 15) is 0 Å². The number of halogens is 1. The second-order valence-corrected chi connectivity index (χ2v) is 6.61. The number of imidazole rings is 1. The Morgan fingerprint density at radius 2 is 2.32 bits per heavy atom. The Morgan fingerprint density at radius 3 is 3.05 bits per heavy atom. The monoisotopic (exact) mass is 309 g/mol. The Hall–Kier alpha value is -1.17. The van der Waals surface area contributed by atoms with Gasteiger partial charge >= 0.3 is 0 Å². The number of fused-ring (bicyclic) bond motifs is 1. The third-order valence-electron chi connectivity index (χ3n) is 2.96. The first-order valence-electron chi connectivity index (χ1n) is 5.93. The molecule has 19 heavy (non-hydrogen) atoms. The highest BCUT2D eigenvalue weighted by Crippen LogP contribution is 2.22.